The van der Waals surface area contributed by atoms with E-state index in [0.717, 1.165) is 54.8 Å². The van der Waals surface area contributed by atoms with Crippen LogP contribution < -0.4 is 10.1 Å². The molecule has 2 heterocycles. The molecule has 1 fully saturated rings. The second-order valence-electron chi connectivity index (χ2n) is 10.9. The fraction of sp³-hybridized carbons (Fsp3) is 0.433. The zero-order valence-electron chi connectivity index (χ0n) is 23.2. The van der Waals surface area contributed by atoms with Gasteiger partial charge < -0.3 is 19.5 Å². The number of carbonyl (C=O) groups excluding carboxylic acids is 2. The summed E-state index contributed by atoms with van der Waals surface area (Å²) >= 11 is 0. The molecule has 8 nitrogen and oxygen atoms in total. The number of para-hydroxylation sites is 1. The molecule has 200 valence electrons. The highest BCUT2D eigenvalue weighted by atomic mass is 16.5. The van der Waals surface area contributed by atoms with E-state index in [1.54, 1.807) is 0 Å². The van der Waals surface area contributed by atoms with E-state index in [4.69, 9.17) is 4.74 Å². The van der Waals surface area contributed by atoms with Crippen LogP contribution in [-0.4, -0.2) is 59.5 Å². The molecule has 3 aromatic rings. The van der Waals surface area contributed by atoms with Crippen LogP contribution in [0.5, 0.6) is 5.75 Å². The fourth-order valence-corrected chi connectivity index (χ4v) is 5.11. The number of nitriles is 1. The van der Waals surface area contributed by atoms with Crippen LogP contribution in [0.25, 0.3) is 10.9 Å². The summed E-state index contributed by atoms with van der Waals surface area (Å²) in [5.74, 6) is 0.292. The Kier molecular flexibility index (Phi) is 7.79. The van der Waals surface area contributed by atoms with E-state index in [1.807, 2.05) is 53.8 Å². The number of anilines is 1. The summed E-state index contributed by atoms with van der Waals surface area (Å²) in [5.41, 5.74) is 4.26. The molecule has 4 rings (SSSR count). The third kappa shape index (κ3) is 5.39. The number of carbonyl (C=O) groups is 2. The Morgan fingerprint density at radius 3 is 2.42 bits per heavy atom. The number of ether oxygens (including phenoxy) is 1. The van der Waals surface area contributed by atoms with Crippen molar-refractivity contribution >= 4 is 28.4 Å². The molecule has 0 spiro atoms. The van der Waals surface area contributed by atoms with Gasteiger partial charge in [-0.15, -0.1) is 0 Å². The highest BCUT2D eigenvalue weighted by Gasteiger charge is 2.24. The van der Waals surface area contributed by atoms with Gasteiger partial charge in [0.2, 0.25) is 5.91 Å². The van der Waals surface area contributed by atoms with Gasteiger partial charge in [0.1, 0.15) is 11.8 Å². The first-order chi connectivity index (χ1) is 18.1. The molecule has 1 saturated heterocycles. The Bertz CT molecular complexity index is 1400. The van der Waals surface area contributed by atoms with Crippen LogP contribution in [0.2, 0.25) is 0 Å². The molecule has 1 aliphatic rings. The summed E-state index contributed by atoms with van der Waals surface area (Å²) in [6, 6.07) is 13.9. The van der Waals surface area contributed by atoms with Crippen LogP contribution >= 0.6 is 0 Å². The van der Waals surface area contributed by atoms with Crippen LogP contribution in [0.4, 0.5) is 5.69 Å². The lowest BCUT2D eigenvalue weighted by molar-refractivity contribution is -0.132. The number of fused-ring (bicyclic) bond motifs is 1. The summed E-state index contributed by atoms with van der Waals surface area (Å²) in [4.78, 5) is 29.9. The lowest BCUT2D eigenvalue weighted by Gasteiger charge is -2.34. The summed E-state index contributed by atoms with van der Waals surface area (Å²) in [6.07, 6.45) is 0.539. The molecule has 2 aromatic carbocycles. The predicted octanol–water partition coefficient (Wildman–Crippen LogP) is 4.66. The van der Waals surface area contributed by atoms with Crippen LogP contribution in [0, 0.1) is 11.3 Å². The fourth-order valence-electron chi connectivity index (χ4n) is 5.11. The van der Waals surface area contributed by atoms with Crippen molar-refractivity contribution in [2.24, 2.45) is 7.05 Å². The molecule has 1 aromatic heterocycles. The van der Waals surface area contributed by atoms with E-state index in [-0.39, 0.29) is 17.2 Å². The minimum atomic E-state index is -0.269. The Hall–Kier alpha value is -3.83. The van der Waals surface area contributed by atoms with Crippen molar-refractivity contribution in [3.8, 4) is 11.8 Å². The molecule has 1 N–H and O–H groups in total. The van der Waals surface area contributed by atoms with E-state index in [1.165, 1.54) is 7.11 Å². The second-order valence-corrected chi connectivity index (χ2v) is 10.9. The van der Waals surface area contributed by atoms with Crippen molar-refractivity contribution in [3.63, 3.8) is 0 Å². The number of aryl methyl sites for hydroxylation is 1. The monoisotopic (exact) mass is 515 g/mol. The molecule has 0 aliphatic carbocycles. The molecule has 0 radical (unpaired) electrons. The Balaban J connectivity index is 1.61. The van der Waals surface area contributed by atoms with Crippen LogP contribution in [-0.2, 0) is 23.8 Å². The molecule has 8 heteroatoms. The molecule has 2 amide bonds. The molecule has 0 atom stereocenters. The maximum Gasteiger partial charge on any atom is 0.272 e. The first-order valence-electron chi connectivity index (χ1n) is 13.1. The molecule has 38 heavy (non-hydrogen) atoms. The first kappa shape index (κ1) is 27.2. The third-order valence-electron chi connectivity index (χ3n) is 7.32. The second kappa shape index (κ2) is 10.9. The van der Waals surface area contributed by atoms with Crippen molar-refractivity contribution in [3.05, 3.63) is 58.8 Å². The highest BCUT2D eigenvalue weighted by molar-refractivity contribution is 6.07. The first-order valence-corrected chi connectivity index (χ1v) is 13.1. The number of nitrogens with one attached hydrogen (secondary N) is 1. The summed E-state index contributed by atoms with van der Waals surface area (Å²) < 4.78 is 7.45. The maximum absolute atomic E-state index is 13.5. The van der Waals surface area contributed by atoms with Gasteiger partial charge in [-0.25, -0.2) is 0 Å². The molecule has 0 unspecified atom stereocenters. The van der Waals surface area contributed by atoms with E-state index in [9.17, 15) is 14.9 Å². The SMILES string of the molecule is CCC(=O)N1CCN(Cc2cccc3cc(C(=O)Nc4cc(C(C)(C)C)cc(C#N)c4OC)n(C)c23)CC1. The van der Waals surface area contributed by atoms with Gasteiger partial charge in [-0.1, -0.05) is 45.9 Å². The van der Waals surface area contributed by atoms with Gasteiger partial charge in [0.15, 0.2) is 5.75 Å². The van der Waals surface area contributed by atoms with Gasteiger partial charge in [-0.2, -0.15) is 5.26 Å². The van der Waals surface area contributed by atoms with Crippen molar-refractivity contribution < 1.29 is 14.3 Å². The Morgan fingerprint density at radius 1 is 1.11 bits per heavy atom. The van der Waals surface area contributed by atoms with Crippen molar-refractivity contribution in [2.45, 2.75) is 46.1 Å². The predicted molar refractivity (Wildman–Crippen MR) is 149 cm³/mol. The molecular formula is C30H37N5O3. The number of nitrogens with zero attached hydrogens (tertiary/aromatic N) is 4. The lowest BCUT2D eigenvalue weighted by atomic mass is 9.85. The summed E-state index contributed by atoms with van der Waals surface area (Å²) in [5, 5.41) is 13.7. The minimum Gasteiger partial charge on any atom is -0.493 e. The smallest absolute Gasteiger partial charge is 0.272 e. The van der Waals surface area contributed by atoms with Crippen molar-refractivity contribution in [1.82, 2.24) is 14.4 Å². The number of amides is 2. The average Bonchev–Trinajstić information content (AvgIpc) is 3.25. The van der Waals surface area contributed by atoms with Gasteiger partial charge >= 0.3 is 0 Å². The number of benzene rings is 2. The van der Waals surface area contributed by atoms with Crippen LogP contribution in [0.15, 0.2) is 36.4 Å². The van der Waals surface area contributed by atoms with Crippen LogP contribution in [0.3, 0.4) is 0 Å². The zero-order valence-corrected chi connectivity index (χ0v) is 23.2. The molecule has 1 aliphatic heterocycles. The van der Waals surface area contributed by atoms with Gasteiger partial charge in [-0.3, -0.25) is 14.5 Å². The average molecular weight is 516 g/mol. The third-order valence-corrected chi connectivity index (χ3v) is 7.32. The number of aromatic nitrogens is 1. The van der Waals surface area contributed by atoms with E-state index < -0.39 is 0 Å². The number of hydrogen-bond donors (Lipinski definition) is 1. The van der Waals surface area contributed by atoms with Gasteiger partial charge in [0.05, 0.1) is 23.9 Å². The topological polar surface area (TPSA) is 90.6 Å². The molecule has 0 saturated carbocycles. The summed E-state index contributed by atoms with van der Waals surface area (Å²) in [6.45, 7) is 12.0. The van der Waals surface area contributed by atoms with E-state index in [0.29, 0.717) is 29.1 Å². The largest absolute Gasteiger partial charge is 0.493 e. The van der Waals surface area contributed by atoms with Gasteiger partial charge in [0.25, 0.3) is 5.91 Å². The van der Waals surface area contributed by atoms with Gasteiger partial charge in [0, 0.05) is 51.6 Å². The van der Waals surface area contributed by atoms with E-state index in [2.05, 4.69) is 43.1 Å². The molecule has 0 bridgehead atoms. The Morgan fingerprint density at radius 2 is 1.82 bits per heavy atom. The number of methoxy groups -OCH3 is 1. The standard InChI is InChI=1S/C30H37N5O3/c1-7-26(36)35-13-11-34(12-14-35)19-21-10-8-9-20-16-25(33(5)27(20)21)29(37)32-24-17-23(30(2,3)4)15-22(18-31)28(24)38-6/h8-10,15-17H,7,11-14,19H2,1-6H3,(H,32,37). The lowest BCUT2D eigenvalue weighted by Crippen LogP contribution is -2.48. The van der Waals surface area contributed by atoms with Crippen molar-refractivity contribution in [1.29, 1.82) is 5.26 Å². The minimum absolute atomic E-state index is 0.205. The number of piperazine rings is 1. The molecular weight excluding hydrogens is 478 g/mol. The number of rotatable bonds is 6. The number of hydrogen-bond acceptors (Lipinski definition) is 5. The van der Waals surface area contributed by atoms with Crippen LogP contribution in [0.1, 0.15) is 61.3 Å². The van der Waals surface area contributed by atoms with Crippen molar-refractivity contribution in [2.75, 3.05) is 38.6 Å². The zero-order chi connectivity index (χ0) is 27.6. The Labute approximate surface area is 224 Å². The normalized spacial score (nSPS) is 14.4. The maximum atomic E-state index is 13.5. The highest BCUT2D eigenvalue weighted by Crippen LogP contribution is 2.35. The van der Waals surface area contributed by atoms with Gasteiger partial charge in [-0.05, 0) is 34.7 Å². The van der Waals surface area contributed by atoms with E-state index >= 15 is 0 Å². The summed E-state index contributed by atoms with van der Waals surface area (Å²) in [7, 11) is 3.41. The quantitative estimate of drug-likeness (QED) is 0.516.